The van der Waals surface area contributed by atoms with E-state index in [4.69, 9.17) is 4.74 Å². The molecule has 146 valence electrons. The smallest absolute Gasteiger partial charge is 0.0900 e. The predicted molar refractivity (Wildman–Crippen MR) is 111 cm³/mol. The van der Waals surface area contributed by atoms with Gasteiger partial charge in [-0.1, -0.05) is 74.5 Å². The Kier molecular flexibility index (Phi) is 7.45. The average molecular weight is 368 g/mol. The zero-order valence-electron chi connectivity index (χ0n) is 16.6. The molecule has 1 saturated heterocycles. The van der Waals surface area contributed by atoms with Gasteiger partial charge >= 0.3 is 0 Å². The SMILES string of the molecule is C[C@@H]1C[C@H](C)CN(C[C@@H](O)COCC(c2ccccc2)c2ccccc2)C1. The molecule has 0 bridgehead atoms. The van der Waals surface area contributed by atoms with Crippen molar-refractivity contribution >= 4 is 0 Å². The summed E-state index contributed by atoms with van der Waals surface area (Å²) in [4.78, 5) is 2.39. The molecule has 1 heterocycles. The first-order valence-corrected chi connectivity index (χ1v) is 10.2. The third-order valence-corrected chi connectivity index (χ3v) is 5.41. The third-order valence-electron chi connectivity index (χ3n) is 5.41. The molecule has 2 aromatic carbocycles. The van der Waals surface area contributed by atoms with Crippen molar-refractivity contribution in [2.75, 3.05) is 32.8 Å². The number of aliphatic hydroxyl groups excluding tert-OH is 1. The van der Waals surface area contributed by atoms with E-state index < -0.39 is 6.10 Å². The minimum Gasteiger partial charge on any atom is -0.389 e. The first kappa shape index (κ1) is 20.1. The second kappa shape index (κ2) is 10.0. The Bertz CT molecular complexity index is 611. The molecule has 27 heavy (non-hydrogen) atoms. The van der Waals surface area contributed by atoms with E-state index in [0.29, 0.717) is 31.6 Å². The number of aliphatic hydroxyl groups is 1. The number of piperidine rings is 1. The number of nitrogens with zero attached hydrogens (tertiary/aromatic N) is 1. The van der Waals surface area contributed by atoms with Crippen LogP contribution in [0, 0.1) is 11.8 Å². The first-order valence-electron chi connectivity index (χ1n) is 10.2. The maximum absolute atomic E-state index is 10.5. The van der Waals surface area contributed by atoms with Gasteiger partial charge in [0.2, 0.25) is 0 Å². The van der Waals surface area contributed by atoms with Gasteiger partial charge in [-0.2, -0.15) is 0 Å². The van der Waals surface area contributed by atoms with Gasteiger partial charge in [0.1, 0.15) is 0 Å². The second-order valence-corrected chi connectivity index (χ2v) is 8.23. The Hall–Kier alpha value is -1.68. The Labute approximate surface area is 164 Å². The van der Waals surface area contributed by atoms with Gasteiger partial charge in [0.25, 0.3) is 0 Å². The first-order chi connectivity index (χ1) is 13.1. The molecule has 1 aliphatic rings. The molecule has 2 aromatic rings. The van der Waals surface area contributed by atoms with Crippen LogP contribution in [-0.2, 0) is 4.74 Å². The van der Waals surface area contributed by atoms with E-state index in [0.717, 1.165) is 13.1 Å². The van der Waals surface area contributed by atoms with Gasteiger partial charge in [-0.25, -0.2) is 0 Å². The van der Waals surface area contributed by atoms with Gasteiger partial charge < -0.3 is 14.7 Å². The summed E-state index contributed by atoms with van der Waals surface area (Å²) in [5.41, 5.74) is 2.49. The Balaban J connectivity index is 1.53. The van der Waals surface area contributed by atoms with Gasteiger partial charge in [0.05, 0.1) is 19.3 Å². The van der Waals surface area contributed by atoms with Gasteiger partial charge in [-0.15, -0.1) is 0 Å². The summed E-state index contributed by atoms with van der Waals surface area (Å²) in [6, 6.07) is 20.9. The molecule has 1 fully saturated rings. The quantitative estimate of drug-likeness (QED) is 0.760. The molecule has 1 aliphatic heterocycles. The molecular weight excluding hydrogens is 334 g/mol. The van der Waals surface area contributed by atoms with Gasteiger partial charge in [-0.3, -0.25) is 0 Å². The van der Waals surface area contributed by atoms with Crippen LogP contribution in [0.15, 0.2) is 60.7 Å². The normalized spacial score (nSPS) is 22.1. The van der Waals surface area contributed by atoms with Crippen LogP contribution in [0.1, 0.15) is 37.3 Å². The highest BCUT2D eigenvalue weighted by atomic mass is 16.5. The van der Waals surface area contributed by atoms with Crippen molar-refractivity contribution in [3.05, 3.63) is 71.8 Å². The fourth-order valence-electron chi connectivity index (χ4n) is 4.37. The summed E-state index contributed by atoms with van der Waals surface area (Å²) in [5, 5.41) is 10.5. The largest absolute Gasteiger partial charge is 0.389 e. The summed E-state index contributed by atoms with van der Waals surface area (Å²) < 4.78 is 5.98. The summed E-state index contributed by atoms with van der Waals surface area (Å²) in [7, 11) is 0. The van der Waals surface area contributed by atoms with E-state index in [1.54, 1.807) is 0 Å². The fraction of sp³-hybridized carbons (Fsp3) is 0.500. The van der Waals surface area contributed by atoms with Crippen molar-refractivity contribution in [2.24, 2.45) is 11.8 Å². The summed E-state index contributed by atoms with van der Waals surface area (Å²) >= 11 is 0. The zero-order valence-corrected chi connectivity index (χ0v) is 16.6. The number of hydrogen-bond donors (Lipinski definition) is 1. The highest BCUT2D eigenvalue weighted by molar-refractivity contribution is 5.32. The average Bonchev–Trinajstić information content (AvgIpc) is 2.66. The molecule has 3 atom stereocenters. The lowest BCUT2D eigenvalue weighted by molar-refractivity contribution is 0.00289. The van der Waals surface area contributed by atoms with Crippen molar-refractivity contribution in [3.8, 4) is 0 Å². The minimum absolute atomic E-state index is 0.189. The lowest BCUT2D eigenvalue weighted by atomic mass is 9.92. The lowest BCUT2D eigenvalue weighted by Gasteiger charge is -2.36. The molecule has 0 amide bonds. The number of rotatable bonds is 8. The number of β-amino-alcohol motifs (C(OH)–C–C–N with tert-alkyl or cyclic N) is 1. The summed E-state index contributed by atoms with van der Waals surface area (Å²) in [6.07, 6.45) is 0.855. The van der Waals surface area contributed by atoms with Crippen molar-refractivity contribution in [3.63, 3.8) is 0 Å². The predicted octanol–water partition coefficient (Wildman–Crippen LogP) is 4.17. The number of benzene rings is 2. The maximum Gasteiger partial charge on any atom is 0.0900 e. The molecule has 1 N–H and O–H groups in total. The van der Waals surface area contributed by atoms with Crippen LogP contribution < -0.4 is 0 Å². The molecular formula is C24H33NO2. The fourth-order valence-corrected chi connectivity index (χ4v) is 4.37. The number of ether oxygens (including phenoxy) is 1. The van der Waals surface area contributed by atoms with Crippen molar-refractivity contribution in [2.45, 2.75) is 32.3 Å². The van der Waals surface area contributed by atoms with Crippen molar-refractivity contribution in [1.82, 2.24) is 4.90 Å². The Morgan fingerprint density at radius 3 is 1.93 bits per heavy atom. The van der Waals surface area contributed by atoms with E-state index in [1.807, 2.05) is 12.1 Å². The zero-order chi connectivity index (χ0) is 19.1. The van der Waals surface area contributed by atoms with Crippen LogP contribution in [0.2, 0.25) is 0 Å². The molecule has 0 unspecified atom stereocenters. The molecule has 0 aliphatic carbocycles. The third kappa shape index (κ3) is 6.17. The van der Waals surface area contributed by atoms with Crippen molar-refractivity contribution in [1.29, 1.82) is 0 Å². The van der Waals surface area contributed by atoms with Crippen LogP contribution in [-0.4, -0.2) is 49.0 Å². The molecule has 3 nitrogen and oxygen atoms in total. The number of hydrogen-bond acceptors (Lipinski definition) is 3. The van der Waals surface area contributed by atoms with Crippen LogP contribution in [0.4, 0.5) is 0 Å². The van der Waals surface area contributed by atoms with E-state index in [2.05, 4.69) is 67.3 Å². The van der Waals surface area contributed by atoms with Gasteiger partial charge in [0.15, 0.2) is 0 Å². The van der Waals surface area contributed by atoms with Crippen molar-refractivity contribution < 1.29 is 9.84 Å². The minimum atomic E-state index is -0.435. The molecule has 0 radical (unpaired) electrons. The molecule has 3 rings (SSSR count). The molecule has 0 aromatic heterocycles. The standard InChI is InChI=1S/C24H33NO2/c1-19-13-20(2)15-25(14-19)16-23(26)17-27-18-24(21-9-5-3-6-10-21)22-11-7-4-8-12-22/h3-12,19-20,23-24,26H,13-18H2,1-2H3/t19-,20+,23-/m1/s1. The Morgan fingerprint density at radius 1 is 0.889 bits per heavy atom. The van der Waals surface area contributed by atoms with E-state index >= 15 is 0 Å². The topological polar surface area (TPSA) is 32.7 Å². The molecule has 0 saturated carbocycles. The highest BCUT2D eigenvalue weighted by Crippen LogP contribution is 2.25. The lowest BCUT2D eigenvalue weighted by Crippen LogP contribution is -2.43. The van der Waals surface area contributed by atoms with E-state index in [-0.39, 0.29) is 5.92 Å². The summed E-state index contributed by atoms with van der Waals surface area (Å²) in [5.74, 6) is 1.61. The summed E-state index contributed by atoms with van der Waals surface area (Å²) in [6.45, 7) is 8.44. The van der Waals surface area contributed by atoms with Crippen LogP contribution in [0.5, 0.6) is 0 Å². The number of likely N-dealkylation sites (tertiary alicyclic amines) is 1. The van der Waals surface area contributed by atoms with Gasteiger partial charge in [0, 0.05) is 25.6 Å². The molecule has 3 heteroatoms. The van der Waals surface area contributed by atoms with Gasteiger partial charge in [-0.05, 0) is 29.4 Å². The van der Waals surface area contributed by atoms with E-state index in [9.17, 15) is 5.11 Å². The maximum atomic E-state index is 10.5. The monoisotopic (exact) mass is 367 g/mol. The van der Waals surface area contributed by atoms with E-state index in [1.165, 1.54) is 17.5 Å². The Morgan fingerprint density at radius 2 is 1.41 bits per heavy atom. The second-order valence-electron chi connectivity index (χ2n) is 8.23. The molecule has 0 spiro atoms. The van der Waals surface area contributed by atoms with Crippen LogP contribution in [0.25, 0.3) is 0 Å². The van der Waals surface area contributed by atoms with Crippen LogP contribution >= 0.6 is 0 Å². The highest BCUT2D eigenvalue weighted by Gasteiger charge is 2.23. The van der Waals surface area contributed by atoms with Crippen LogP contribution in [0.3, 0.4) is 0 Å².